The van der Waals surface area contributed by atoms with E-state index in [4.69, 9.17) is 0 Å². The van der Waals surface area contributed by atoms with Crippen LogP contribution in [0.1, 0.15) is 31.7 Å². The molecule has 0 radical (unpaired) electrons. The Morgan fingerprint density at radius 3 is 2.71 bits per heavy atom. The van der Waals surface area contributed by atoms with Gasteiger partial charge in [0.2, 0.25) is 0 Å². The van der Waals surface area contributed by atoms with E-state index in [1.807, 2.05) is 12.1 Å². The SMILES string of the molecule is CCCN(CC1CC1)c1ccc(CBr)cc1F. The molecule has 0 atom stereocenters. The van der Waals surface area contributed by atoms with E-state index >= 15 is 0 Å². The Balaban J connectivity index is 2.15. The van der Waals surface area contributed by atoms with Crippen molar-refractivity contribution in [1.29, 1.82) is 0 Å². The van der Waals surface area contributed by atoms with Gasteiger partial charge in [-0.1, -0.05) is 28.9 Å². The number of benzene rings is 1. The van der Waals surface area contributed by atoms with Crippen LogP contribution >= 0.6 is 15.9 Å². The summed E-state index contributed by atoms with van der Waals surface area (Å²) in [6, 6.07) is 5.56. The lowest BCUT2D eigenvalue weighted by molar-refractivity contribution is 0.607. The van der Waals surface area contributed by atoms with Crippen molar-refractivity contribution in [3.63, 3.8) is 0 Å². The lowest BCUT2D eigenvalue weighted by Crippen LogP contribution is -2.27. The molecule has 0 N–H and O–H groups in total. The van der Waals surface area contributed by atoms with Crippen LogP contribution in [0.2, 0.25) is 0 Å². The highest BCUT2D eigenvalue weighted by atomic mass is 79.9. The molecule has 0 bridgehead atoms. The number of rotatable bonds is 6. The van der Waals surface area contributed by atoms with E-state index in [-0.39, 0.29) is 5.82 Å². The van der Waals surface area contributed by atoms with Gasteiger partial charge >= 0.3 is 0 Å². The molecule has 0 amide bonds. The number of halogens is 2. The van der Waals surface area contributed by atoms with Gasteiger partial charge in [-0.15, -0.1) is 0 Å². The summed E-state index contributed by atoms with van der Waals surface area (Å²) in [5.41, 5.74) is 1.76. The molecule has 1 aliphatic carbocycles. The van der Waals surface area contributed by atoms with Crippen molar-refractivity contribution < 1.29 is 4.39 Å². The second-order valence-electron chi connectivity index (χ2n) is 4.81. The Kier molecular flexibility index (Phi) is 4.43. The van der Waals surface area contributed by atoms with Crippen LogP contribution in [-0.2, 0) is 5.33 Å². The molecule has 2 rings (SSSR count). The van der Waals surface area contributed by atoms with Gasteiger partial charge < -0.3 is 4.90 Å². The monoisotopic (exact) mass is 299 g/mol. The van der Waals surface area contributed by atoms with Crippen LogP contribution in [0, 0.1) is 11.7 Å². The summed E-state index contributed by atoms with van der Waals surface area (Å²) in [5, 5.41) is 0.709. The quantitative estimate of drug-likeness (QED) is 0.706. The molecule has 17 heavy (non-hydrogen) atoms. The summed E-state index contributed by atoms with van der Waals surface area (Å²) >= 11 is 3.35. The van der Waals surface area contributed by atoms with Gasteiger partial charge in [-0.2, -0.15) is 0 Å². The molecular weight excluding hydrogens is 281 g/mol. The van der Waals surface area contributed by atoms with Crippen LogP contribution < -0.4 is 4.90 Å². The predicted molar refractivity (Wildman–Crippen MR) is 74.3 cm³/mol. The molecule has 0 saturated heterocycles. The van der Waals surface area contributed by atoms with Crippen molar-refractivity contribution in [1.82, 2.24) is 0 Å². The van der Waals surface area contributed by atoms with Gasteiger partial charge in [-0.05, 0) is 42.9 Å². The second-order valence-corrected chi connectivity index (χ2v) is 5.37. The molecule has 1 nitrogen and oxygen atoms in total. The lowest BCUT2D eigenvalue weighted by Gasteiger charge is -2.25. The summed E-state index contributed by atoms with van der Waals surface area (Å²) in [6.07, 6.45) is 3.68. The van der Waals surface area contributed by atoms with Crippen LogP contribution in [-0.4, -0.2) is 13.1 Å². The smallest absolute Gasteiger partial charge is 0.146 e. The van der Waals surface area contributed by atoms with Crippen LogP contribution in [0.5, 0.6) is 0 Å². The van der Waals surface area contributed by atoms with E-state index in [1.54, 1.807) is 6.07 Å². The first-order chi connectivity index (χ1) is 8.24. The van der Waals surface area contributed by atoms with Gasteiger partial charge in [0.1, 0.15) is 5.82 Å². The fourth-order valence-corrected chi connectivity index (χ4v) is 2.43. The van der Waals surface area contributed by atoms with Crippen LogP contribution in [0.15, 0.2) is 18.2 Å². The highest BCUT2D eigenvalue weighted by Crippen LogP contribution is 2.32. The van der Waals surface area contributed by atoms with Crippen molar-refractivity contribution in [2.75, 3.05) is 18.0 Å². The fraction of sp³-hybridized carbons (Fsp3) is 0.571. The first kappa shape index (κ1) is 12.9. The molecular formula is C14H19BrFN. The van der Waals surface area contributed by atoms with Gasteiger partial charge in [0, 0.05) is 18.4 Å². The number of hydrogen-bond donors (Lipinski definition) is 0. The third-order valence-corrected chi connectivity index (χ3v) is 3.82. The highest BCUT2D eigenvalue weighted by Gasteiger charge is 2.25. The third-order valence-electron chi connectivity index (χ3n) is 3.18. The van der Waals surface area contributed by atoms with Gasteiger partial charge in [0.05, 0.1) is 5.69 Å². The number of anilines is 1. The Morgan fingerprint density at radius 1 is 1.41 bits per heavy atom. The summed E-state index contributed by atoms with van der Waals surface area (Å²) < 4.78 is 14.0. The molecule has 1 aromatic rings. The largest absolute Gasteiger partial charge is 0.369 e. The van der Waals surface area contributed by atoms with E-state index in [9.17, 15) is 4.39 Å². The van der Waals surface area contributed by atoms with Gasteiger partial charge in [-0.25, -0.2) is 4.39 Å². The Bertz CT molecular complexity index is 376. The molecule has 1 aliphatic rings. The summed E-state index contributed by atoms with van der Waals surface area (Å²) in [5.74, 6) is 0.702. The zero-order valence-electron chi connectivity index (χ0n) is 10.3. The molecule has 0 aromatic heterocycles. The van der Waals surface area contributed by atoms with Crippen molar-refractivity contribution >= 4 is 21.6 Å². The van der Waals surface area contributed by atoms with E-state index in [0.29, 0.717) is 5.33 Å². The number of hydrogen-bond acceptors (Lipinski definition) is 1. The van der Waals surface area contributed by atoms with E-state index in [2.05, 4.69) is 27.8 Å². The van der Waals surface area contributed by atoms with Gasteiger partial charge in [-0.3, -0.25) is 0 Å². The molecule has 0 spiro atoms. The molecule has 3 heteroatoms. The Labute approximate surface area is 111 Å². The second kappa shape index (κ2) is 5.85. The maximum atomic E-state index is 14.0. The van der Waals surface area contributed by atoms with E-state index in [1.165, 1.54) is 12.8 Å². The summed E-state index contributed by atoms with van der Waals surface area (Å²) in [7, 11) is 0. The molecule has 94 valence electrons. The Hall–Kier alpha value is -0.570. The van der Waals surface area contributed by atoms with Crippen molar-refractivity contribution in [2.24, 2.45) is 5.92 Å². The molecule has 0 aliphatic heterocycles. The highest BCUT2D eigenvalue weighted by molar-refractivity contribution is 9.08. The molecule has 0 unspecified atom stereocenters. The standard InChI is InChI=1S/C14H19BrFN/c1-2-7-17(10-11-3-4-11)14-6-5-12(9-15)8-13(14)16/h5-6,8,11H,2-4,7,9-10H2,1H3. The molecule has 1 saturated carbocycles. The third kappa shape index (κ3) is 3.44. The first-order valence-electron chi connectivity index (χ1n) is 6.34. The topological polar surface area (TPSA) is 3.24 Å². The van der Waals surface area contributed by atoms with Crippen molar-refractivity contribution in [2.45, 2.75) is 31.5 Å². The van der Waals surface area contributed by atoms with Gasteiger partial charge in [0.15, 0.2) is 0 Å². The maximum absolute atomic E-state index is 14.0. The fourth-order valence-electron chi connectivity index (χ4n) is 2.08. The molecule has 0 heterocycles. The minimum atomic E-state index is -0.0870. The predicted octanol–water partition coefficient (Wildman–Crippen LogP) is 4.35. The Morgan fingerprint density at radius 2 is 2.18 bits per heavy atom. The average molecular weight is 300 g/mol. The normalized spacial score (nSPS) is 15.0. The molecule has 1 fully saturated rings. The zero-order valence-corrected chi connectivity index (χ0v) is 11.8. The van der Waals surface area contributed by atoms with E-state index < -0.39 is 0 Å². The minimum Gasteiger partial charge on any atom is -0.369 e. The van der Waals surface area contributed by atoms with Crippen molar-refractivity contribution in [3.05, 3.63) is 29.6 Å². The van der Waals surface area contributed by atoms with Crippen LogP contribution in [0.25, 0.3) is 0 Å². The van der Waals surface area contributed by atoms with Crippen LogP contribution in [0.3, 0.4) is 0 Å². The van der Waals surface area contributed by atoms with Crippen LogP contribution in [0.4, 0.5) is 10.1 Å². The molecule has 1 aromatic carbocycles. The number of nitrogens with zero attached hydrogens (tertiary/aromatic N) is 1. The maximum Gasteiger partial charge on any atom is 0.146 e. The lowest BCUT2D eigenvalue weighted by atomic mass is 10.2. The summed E-state index contributed by atoms with van der Waals surface area (Å²) in [6.45, 7) is 4.10. The summed E-state index contributed by atoms with van der Waals surface area (Å²) in [4.78, 5) is 2.20. The average Bonchev–Trinajstić information content (AvgIpc) is 3.12. The van der Waals surface area contributed by atoms with Crippen molar-refractivity contribution in [3.8, 4) is 0 Å². The minimum absolute atomic E-state index is 0.0870. The number of alkyl halides is 1. The van der Waals surface area contributed by atoms with Gasteiger partial charge in [0.25, 0.3) is 0 Å². The zero-order chi connectivity index (χ0) is 12.3. The van der Waals surface area contributed by atoms with E-state index in [0.717, 1.165) is 36.7 Å². The first-order valence-corrected chi connectivity index (χ1v) is 7.46.